The molecule has 5 rings (SSSR count). The Balaban J connectivity index is 1.43. The van der Waals surface area contributed by atoms with Crippen LogP contribution in [0.25, 0.3) is 16.6 Å². The minimum absolute atomic E-state index is 0.0577. The summed E-state index contributed by atoms with van der Waals surface area (Å²) < 4.78 is 59.7. The maximum Gasteiger partial charge on any atom is 0.296 e. The van der Waals surface area contributed by atoms with Gasteiger partial charge in [-0.2, -0.15) is 13.5 Å². The standard InChI is InChI=1S/C25H20F2N6O4S/c1-13-8-15(37-23-5-3-2-4-17(23)26)6-7-22(13)33-25(28)16(12-30-33)24(34)21-10-14-9-18(27)20(11-19(14)31-21)32-38(29,35)36/h2-12,31-32H,28H2,1H3,(H2,29,35,36). The molecule has 5 aromatic rings. The highest BCUT2D eigenvalue weighted by Crippen LogP contribution is 2.30. The van der Waals surface area contributed by atoms with Gasteiger partial charge in [0.2, 0.25) is 5.78 Å². The van der Waals surface area contributed by atoms with E-state index in [1.807, 2.05) is 4.72 Å². The number of anilines is 2. The van der Waals surface area contributed by atoms with Gasteiger partial charge in [-0.3, -0.25) is 9.52 Å². The molecule has 0 aliphatic heterocycles. The second kappa shape index (κ2) is 9.28. The van der Waals surface area contributed by atoms with Gasteiger partial charge in [0, 0.05) is 10.9 Å². The summed E-state index contributed by atoms with van der Waals surface area (Å²) in [6.07, 6.45) is 1.31. The molecule has 2 aromatic heterocycles. The number of aryl methyl sites for hydroxylation is 1. The van der Waals surface area contributed by atoms with E-state index in [2.05, 4.69) is 10.1 Å². The number of hydrogen-bond donors (Lipinski definition) is 4. The van der Waals surface area contributed by atoms with Crippen molar-refractivity contribution in [2.75, 3.05) is 10.5 Å². The monoisotopic (exact) mass is 538 g/mol. The Morgan fingerprint density at radius 3 is 2.55 bits per heavy atom. The third-order valence-electron chi connectivity index (χ3n) is 5.72. The number of aromatic amines is 1. The average Bonchev–Trinajstić information content (AvgIpc) is 3.43. The molecular weight excluding hydrogens is 518 g/mol. The molecule has 0 saturated heterocycles. The Hall–Kier alpha value is -4.75. The van der Waals surface area contributed by atoms with Crippen molar-refractivity contribution < 1.29 is 26.7 Å². The summed E-state index contributed by atoms with van der Waals surface area (Å²) in [5, 5.41) is 9.50. The van der Waals surface area contributed by atoms with Crippen LogP contribution in [0.1, 0.15) is 21.6 Å². The van der Waals surface area contributed by atoms with E-state index in [4.69, 9.17) is 15.6 Å². The summed E-state index contributed by atoms with van der Waals surface area (Å²) in [5.74, 6) is -1.33. The van der Waals surface area contributed by atoms with Crippen molar-refractivity contribution in [1.82, 2.24) is 14.8 Å². The first-order valence-electron chi connectivity index (χ1n) is 11.0. The van der Waals surface area contributed by atoms with Gasteiger partial charge in [-0.05, 0) is 61.0 Å². The predicted octanol–water partition coefficient (Wildman–Crippen LogP) is 4.16. The largest absolute Gasteiger partial charge is 0.454 e. The van der Waals surface area contributed by atoms with Crippen LogP contribution in [0.15, 0.2) is 66.9 Å². The van der Waals surface area contributed by atoms with Crippen molar-refractivity contribution in [2.45, 2.75) is 6.92 Å². The van der Waals surface area contributed by atoms with Gasteiger partial charge < -0.3 is 15.5 Å². The van der Waals surface area contributed by atoms with Crippen LogP contribution < -0.4 is 20.3 Å². The van der Waals surface area contributed by atoms with Crippen LogP contribution in [0.5, 0.6) is 11.5 Å². The number of ketones is 1. The number of carbonyl (C=O) groups excluding carboxylic acids is 1. The van der Waals surface area contributed by atoms with E-state index < -0.39 is 27.6 Å². The van der Waals surface area contributed by atoms with Crippen LogP contribution in [0.2, 0.25) is 0 Å². The molecule has 0 fully saturated rings. The van der Waals surface area contributed by atoms with Crippen molar-refractivity contribution in [2.24, 2.45) is 5.14 Å². The number of aromatic nitrogens is 3. The maximum atomic E-state index is 14.3. The lowest BCUT2D eigenvalue weighted by molar-refractivity contribution is 0.103. The van der Waals surface area contributed by atoms with Gasteiger partial charge in [0.1, 0.15) is 17.4 Å². The van der Waals surface area contributed by atoms with Crippen molar-refractivity contribution in [3.8, 4) is 17.2 Å². The highest BCUT2D eigenvalue weighted by Gasteiger charge is 2.21. The van der Waals surface area contributed by atoms with E-state index in [0.29, 0.717) is 27.9 Å². The second-order valence-corrected chi connectivity index (χ2v) is 9.71. The third-order valence-corrected chi connectivity index (χ3v) is 6.22. The lowest BCUT2D eigenvalue weighted by atomic mass is 10.1. The lowest BCUT2D eigenvalue weighted by Gasteiger charge is -2.12. The molecule has 0 aliphatic carbocycles. The molecule has 13 heteroatoms. The van der Waals surface area contributed by atoms with Crippen LogP contribution >= 0.6 is 0 Å². The Kier molecular flexibility index (Phi) is 6.09. The molecule has 0 saturated carbocycles. The zero-order valence-corrected chi connectivity index (χ0v) is 20.5. The van der Waals surface area contributed by atoms with Crippen molar-refractivity contribution in [3.05, 3.63) is 95.3 Å². The fourth-order valence-electron chi connectivity index (χ4n) is 3.96. The summed E-state index contributed by atoms with van der Waals surface area (Å²) in [6.45, 7) is 1.78. The Labute approximate surface area is 215 Å². The van der Waals surface area contributed by atoms with Crippen LogP contribution in [0.3, 0.4) is 0 Å². The molecule has 0 atom stereocenters. The molecule has 0 amide bonds. The molecule has 10 nitrogen and oxygen atoms in total. The van der Waals surface area contributed by atoms with E-state index in [1.54, 1.807) is 37.3 Å². The first kappa shape index (κ1) is 24.9. The predicted molar refractivity (Wildman–Crippen MR) is 138 cm³/mol. The van der Waals surface area contributed by atoms with Gasteiger partial charge in [0.25, 0.3) is 10.2 Å². The van der Waals surface area contributed by atoms with Gasteiger partial charge in [0.15, 0.2) is 11.6 Å². The summed E-state index contributed by atoms with van der Waals surface area (Å²) >= 11 is 0. The molecule has 2 heterocycles. The van der Waals surface area contributed by atoms with Gasteiger partial charge in [0.05, 0.1) is 28.8 Å². The van der Waals surface area contributed by atoms with Gasteiger partial charge in [-0.15, -0.1) is 0 Å². The SMILES string of the molecule is Cc1cc(Oc2ccccc2F)ccc1-n1ncc(C(=O)c2cc3cc(F)c(NS(N)(=O)=O)cc3[nH]2)c1N. The van der Waals surface area contributed by atoms with E-state index in [9.17, 15) is 22.0 Å². The maximum absolute atomic E-state index is 14.3. The zero-order valence-electron chi connectivity index (χ0n) is 19.7. The number of para-hydroxylation sites is 1. The number of rotatable bonds is 7. The second-order valence-electron chi connectivity index (χ2n) is 8.41. The summed E-state index contributed by atoms with van der Waals surface area (Å²) in [5.41, 5.74) is 7.64. The minimum atomic E-state index is -4.20. The minimum Gasteiger partial charge on any atom is -0.454 e. The lowest BCUT2D eigenvalue weighted by Crippen LogP contribution is -2.22. The number of nitrogens with zero attached hydrogens (tertiary/aromatic N) is 2. The fraction of sp³-hybridized carbons (Fsp3) is 0.0400. The molecule has 0 radical (unpaired) electrons. The number of nitrogens with two attached hydrogens (primary N) is 2. The van der Waals surface area contributed by atoms with E-state index in [0.717, 1.165) is 6.07 Å². The number of nitrogens with one attached hydrogen (secondary N) is 2. The van der Waals surface area contributed by atoms with Crippen LogP contribution in [-0.4, -0.2) is 29.0 Å². The number of benzene rings is 3. The topological polar surface area (TPSA) is 158 Å². The summed E-state index contributed by atoms with van der Waals surface area (Å²) in [4.78, 5) is 16.0. The van der Waals surface area contributed by atoms with Gasteiger partial charge >= 0.3 is 0 Å². The normalized spacial score (nSPS) is 11.6. The van der Waals surface area contributed by atoms with Crippen LogP contribution in [0, 0.1) is 18.6 Å². The van der Waals surface area contributed by atoms with Crippen LogP contribution in [0.4, 0.5) is 20.3 Å². The fourth-order valence-corrected chi connectivity index (χ4v) is 4.42. The highest BCUT2D eigenvalue weighted by atomic mass is 32.2. The average molecular weight is 539 g/mol. The number of fused-ring (bicyclic) bond motifs is 1. The van der Waals surface area contributed by atoms with Crippen molar-refractivity contribution in [3.63, 3.8) is 0 Å². The van der Waals surface area contributed by atoms with Crippen LogP contribution in [-0.2, 0) is 10.2 Å². The first-order valence-corrected chi connectivity index (χ1v) is 12.6. The Morgan fingerprint density at radius 2 is 1.84 bits per heavy atom. The number of H-pyrrole nitrogens is 1. The Morgan fingerprint density at radius 1 is 1.08 bits per heavy atom. The smallest absolute Gasteiger partial charge is 0.296 e. The highest BCUT2D eigenvalue weighted by molar-refractivity contribution is 7.90. The van der Waals surface area contributed by atoms with E-state index in [-0.39, 0.29) is 28.5 Å². The first-order chi connectivity index (χ1) is 18.0. The third kappa shape index (κ3) is 4.79. The van der Waals surface area contributed by atoms with Gasteiger partial charge in [-0.25, -0.2) is 18.6 Å². The molecule has 6 N–H and O–H groups in total. The summed E-state index contributed by atoms with van der Waals surface area (Å²) in [6, 6.07) is 14.7. The van der Waals surface area contributed by atoms with E-state index >= 15 is 0 Å². The number of nitrogen functional groups attached to an aromatic ring is 1. The zero-order chi connectivity index (χ0) is 27.2. The van der Waals surface area contributed by atoms with E-state index in [1.165, 1.54) is 35.1 Å². The molecule has 0 bridgehead atoms. The number of halogens is 2. The Bertz CT molecular complexity index is 1830. The quantitative estimate of drug-likeness (QED) is 0.228. The molecule has 0 unspecified atom stereocenters. The number of carbonyl (C=O) groups is 1. The molecule has 38 heavy (non-hydrogen) atoms. The molecular formula is C25H20F2N6O4S. The molecule has 0 aliphatic rings. The number of ether oxygens (including phenoxy) is 1. The molecule has 3 aromatic carbocycles. The molecule has 194 valence electrons. The van der Waals surface area contributed by atoms with Gasteiger partial charge in [-0.1, -0.05) is 12.1 Å². The van der Waals surface area contributed by atoms with Crippen molar-refractivity contribution >= 4 is 38.4 Å². The number of hydrogen-bond acceptors (Lipinski definition) is 6. The van der Waals surface area contributed by atoms with Crippen molar-refractivity contribution in [1.29, 1.82) is 0 Å². The molecule has 0 spiro atoms. The summed E-state index contributed by atoms with van der Waals surface area (Å²) in [7, 11) is -4.20.